The van der Waals surface area contributed by atoms with E-state index in [-0.39, 0.29) is 6.61 Å². The summed E-state index contributed by atoms with van der Waals surface area (Å²) in [7, 11) is 0. The van der Waals surface area contributed by atoms with Crippen molar-refractivity contribution < 1.29 is 19.1 Å². The van der Waals surface area contributed by atoms with E-state index in [1.165, 1.54) is 6.21 Å². The zero-order valence-corrected chi connectivity index (χ0v) is 22.1. The molecule has 5 rings (SSSR count). The van der Waals surface area contributed by atoms with Crippen LogP contribution in [0.15, 0.2) is 107 Å². The van der Waals surface area contributed by atoms with Crippen molar-refractivity contribution in [3.63, 3.8) is 0 Å². The van der Waals surface area contributed by atoms with Gasteiger partial charge in [0.15, 0.2) is 6.61 Å². The molecule has 0 fully saturated rings. The highest BCUT2D eigenvalue weighted by Gasteiger charge is 2.14. The molecule has 0 aliphatic heterocycles. The molecule has 7 heteroatoms. The number of halogens is 1. The van der Waals surface area contributed by atoms with E-state index in [1.807, 2.05) is 85.8 Å². The number of rotatable bonds is 7. The number of esters is 1. The van der Waals surface area contributed by atoms with Gasteiger partial charge in [-0.05, 0) is 68.7 Å². The van der Waals surface area contributed by atoms with Crippen LogP contribution in [0.4, 0.5) is 0 Å². The molecule has 5 aromatic carbocycles. The molecular formula is C31H23BrN2O4. The van der Waals surface area contributed by atoms with Crippen LogP contribution in [0.25, 0.3) is 21.5 Å². The molecule has 0 saturated heterocycles. The second kappa shape index (κ2) is 11.3. The van der Waals surface area contributed by atoms with Gasteiger partial charge in [-0.3, -0.25) is 4.79 Å². The Morgan fingerprint density at radius 3 is 2.18 bits per heavy atom. The Hall–Kier alpha value is -4.49. The van der Waals surface area contributed by atoms with Gasteiger partial charge in [-0.15, -0.1) is 0 Å². The van der Waals surface area contributed by atoms with Crippen LogP contribution in [0.1, 0.15) is 21.5 Å². The van der Waals surface area contributed by atoms with E-state index < -0.39 is 11.9 Å². The fourth-order valence-corrected chi connectivity index (χ4v) is 4.62. The van der Waals surface area contributed by atoms with Crippen molar-refractivity contribution in [1.82, 2.24) is 5.43 Å². The Labute approximate surface area is 228 Å². The molecule has 0 aliphatic carbocycles. The van der Waals surface area contributed by atoms with Crippen molar-refractivity contribution in [2.75, 3.05) is 6.61 Å². The fourth-order valence-electron chi connectivity index (χ4n) is 4.02. The largest absolute Gasteiger partial charge is 0.483 e. The van der Waals surface area contributed by atoms with Crippen LogP contribution < -0.4 is 14.9 Å². The SMILES string of the molecule is Cc1ccc(C(=O)Oc2ccc3ccccc3c2/C=N/NC(=O)COc2ccc3ccccc3c2Br)cc1. The molecule has 0 heterocycles. The van der Waals surface area contributed by atoms with E-state index in [9.17, 15) is 9.59 Å². The predicted octanol–water partition coefficient (Wildman–Crippen LogP) is 6.81. The number of carbonyl (C=O) groups excluding carboxylic acids is 2. The highest BCUT2D eigenvalue weighted by molar-refractivity contribution is 9.10. The molecule has 5 aromatic rings. The van der Waals surface area contributed by atoms with E-state index >= 15 is 0 Å². The minimum absolute atomic E-state index is 0.223. The van der Waals surface area contributed by atoms with Gasteiger partial charge in [0.2, 0.25) is 0 Å². The van der Waals surface area contributed by atoms with E-state index in [1.54, 1.807) is 18.2 Å². The van der Waals surface area contributed by atoms with Gasteiger partial charge in [-0.2, -0.15) is 5.10 Å². The molecule has 6 nitrogen and oxygen atoms in total. The number of ether oxygens (including phenoxy) is 2. The van der Waals surface area contributed by atoms with Gasteiger partial charge in [0.1, 0.15) is 11.5 Å². The average molecular weight is 567 g/mol. The number of amides is 1. The molecule has 188 valence electrons. The van der Waals surface area contributed by atoms with Gasteiger partial charge in [-0.25, -0.2) is 10.2 Å². The standard InChI is InChI=1S/C31H23BrN2O4/c1-20-10-12-23(13-11-20)31(36)38-27-16-14-21-6-2-4-8-24(21)26(27)18-33-34-29(35)19-37-28-17-15-22-7-3-5-9-25(22)30(28)32/h2-18H,19H2,1H3,(H,34,35)/b33-18+. The molecule has 1 amide bonds. The topological polar surface area (TPSA) is 77.0 Å². The van der Waals surface area contributed by atoms with Gasteiger partial charge in [0.25, 0.3) is 5.91 Å². The molecule has 0 saturated carbocycles. The van der Waals surface area contributed by atoms with Gasteiger partial charge in [0.05, 0.1) is 16.3 Å². The number of nitrogens with one attached hydrogen (secondary N) is 1. The Morgan fingerprint density at radius 2 is 1.45 bits per heavy atom. The smallest absolute Gasteiger partial charge is 0.343 e. The van der Waals surface area contributed by atoms with Crippen molar-refractivity contribution in [2.24, 2.45) is 5.10 Å². The maximum atomic E-state index is 12.8. The third kappa shape index (κ3) is 5.58. The van der Waals surface area contributed by atoms with Crippen LogP contribution in [0.3, 0.4) is 0 Å². The number of aryl methyl sites for hydroxylation is 1. The molecule has 1 N–H and O–H groups in total. The molecule has 0 aromatic heterocycles. The van der Waals surface area contributed by atoms with Crippen molar-refractivity contribution in [3.05, 3.63) is 118 Å². The molecular weight excluding hydrogens is 544 g/mol. The van der Waals surface area contributed by atoms with Gasteiger partial charge in [0, 0.05) is 5.56 Å². The van der Waals surface area contributed by atoms with Gasteiger partial charge in [-0.1, -0.05) is 78.4 Å². The molecule has 0 aliphatic rings. The van der Waals surface area contributed by atoms with Gasteiger partial charge < -0.3 is 9.47 Å². The highest BCUT2D eigenvalue weighted by atomic mass is 79.9. The molecule has 0 bridgehead atoms. The minimum atomic E-state index is -0.478. The zero-order valence-electron chi connectivity index (χ0n) is 20.5. The Morgan fingerprint density at radius 1 is 0.816 bits per heavy atom. The van der Waals surface area contributed by atoms with E-state index in [0.29, 0.717) is 22.6 Å². The second-order valence-corrected chi connectivity index (χ2v) is 9.43. The monoisotopic (exact) mass is 566 g/mol. The number of hydrazone groups is 1. The third-order valence-electron chi connectivity index (χ3n) is 5.99. The van der Waals surface area contributed by atoms with Crippen molar-refractivity contribution in [2.45, 2.75) is 6.92 Å². The summed E-state index contributed by atoms with van der Waals surface area (Å²) >= 11 is 3.56. The van der Waals surface area contributed by atoms with Gasteiger partial charge >= 0.3 is 5.97 Å². The first-order valence-electron chi connectivity index (χ1n) is 11.9. The lowest BCUT2D eigenvalue weighted by atomic mass is 10.0. The van der Waals surface area contributed by atoms with Crippen molar-refractivity contribution in [1.29, 1.82) is 0 Å². The zero-order chi connectivity index (χ0) is 26.5. The lowest BCUT2D eigenvalue weighted by molar-refractivity contribution is -0.123. The molecule has 38 heavy (non-hydrogen) atoms. The summed E-state index contributed by atoms with van der Waals surface area (Å²) in [4.78, 5) is 25.2. The first-order valence-corrected chi connectivity index (χ1v) is 12.7. The molecule has 0 radical (unpaired) electrons. The second-order valence-electron chi connectivity index (χ2n) is 8.63. The number of nitrogens with zero attached hydrogens (tertiary/aromatic N) is 1. The highest BCUT2D eigenvalue weighted by Crippen LogP contribution is 2.33. The minimum Gasteiger partial charge on any atom is -0.483 e. The number of hydrogen-bond donors (Lipinski definition) is 1. The van der Waals surface area contributed by atoms with Crippen molar-refractivity contribution in [3.8, 4) is 11.5 Å². The van der Waals surface area contributed by atoms with E-state index in [0.717, 1.165) is 31.6 Å². The summed E-state index contributed by atoms with van der Waals surface area (Å²) in [5.74, 6) is -0.0149. The Balaban J connectivity index is 1.31. The lowest BCUT2D eigenvalue weighted by Crippen LogP contribution is -2.24. The molecule has 0 spiro atoms. The molecule has 0 unspecified atom stereocenters. The fraction of sp³-hybridized carbons (Fsp3) is 0.0645. The quantitative estimate of drug-likeness (QED) is 0.101. The first-order chi connectivity index (χ1) is 18.5. The number of carbonyl (C=O) groups is 2. The van der Waals surface area contributed by atoms with Crippen LogP contribution in [0.2, 0.25) is 0 Å². The predicted molar refractivity (Wildman–Crippen MR) is 153 cm³/mol. The van der Waals surface area contributed by atoms with Crippen LogP contribution in [-0.4, -0.2) is 24.7 Å². The van der Waals surface area contributed by atoms with Crippen molar-refractivity contribution >= 4 is 55.6 Å². The summed E-state index contributed by atoms with van der Waals surface area (Å²) in [5.41, 5.74) is 4.55. The molecule has 0 atom stereocenters. The Bertz CT molecular complexity index is 1680. The third-order valence-corrected chi connectivity index (χ3v) is 6.81. The summed E-state index contributed by atoms with van der Waals surface area (Å²) in [6.45, 7) is 1.73. The van der Waals surface area contributed by atoms with Crippen LogP contribution in [0.5, 0.6) is 11.5 Å². The van der Waals surface area contributed by atoms with E-state index in [2.05, 4.69) is 26.5 Å². The first kappa shape index (κ1) is 25.2. The lowest BCUT2D eigenvalue weighted by Gasteiger charge is -2.11. The summed E-state index contributed by atoms with van der Waals surface area (Å²) in [6, 6.07) is 30.0. The summed E-state index contributed by atoms with van der Waals surface area (Å²) in [6.07, 6.45) is 1.48. The summed E-state index contributed by atoms with van der Waals surface area (Å²) < 4.78 is 12.2. The normalized spacial score (nSPS) is 11.1. The van der Waals surface area contributed by atoms with Crippen LogP contribution >= 0.6 is 15.9 Å². The summed E-state index contributed by atoms with van der Waals surface area (Å²) in [5, 5.41) is 7.95. The average Bonchev–Trinajstić information content (AvgIpc) is 2.94. The number of fused-ring (bicyclic) bond motifs is 2. The van der Waals surface area contributed by atoms with Crippen LogP contribution in [-0.2, 0) is 4.79 Å². The number of benzene rings is 5. The van der Waals surface area contributed by atoms with E-state index in [4.69, 9.17) is 9.47 Å². The maximum absolute atomic E-state index is 12.8. The maximum Gasteiger partial charge on any atom is 0.343 e. The Kier molecular flexibility index (Phi) is 7.47. The van der Waals surface area contributed by atoms with Crippen LogP contribution in [0, 0.1) is 6.92 Å². The number of hydrogen-bond acceptors (Lipinski definition) is 5.